The first-order chi connectivity index (χ1) is 11.5. The van der Waals surface area contributed by atoms with Crippen LogP contribution in [0.5, 0.6) is 0 Å². The van der Waals surface area contributed by atoms with E-state index in [1.807, 2.05) is 12.1 Å². The van der Waals surface area contributed by atoms with Crippen molar-refractivity contribution in [1.29, 1.82) is 0 Å². The Hall–Kier alpha value is -2.30. The van der Waals surface area contributed by atoms with Crippen LogP contribution >= 0.6 is 0 Å². The van der Waals surface area contributed by atoms with E-state index in [0.717, 1.165) is 47.2 Å². The molecule has 5 nitrogen and oxygen atoms in total. The minimum atomic E-state index is 0.0342. The van der Waals surface area contributed by atoms with Gasteiger partial charge in [0.2, 0.25) is 5.91 Å². The van der Waals surface area contributed by atoms with E-state index in [1.54, 1.807) is 13.3 Å². The summed E-state index contributed by atoms with van der Waals surface area (Å²) in [5.74, 6) is 0.216. The largest absolute Gasteiger partial charge is 0.464 e. The Balaban J connectivity index is 1.99. The summed E-state index contributed by atoms with van der Waals surface area (Å²) in [4.78, 5) is 26.3. The maximum absolute atomic E-state index is 12.6. The average molecular weight is 328 g/mol. The van der Waals surface area contributed by atoms with Crippen molar-refractivity contribution in [3.05, 3.63) is 29.5 Å². The van der Waals surface area contributed by atoms with Crippen LogP contribution in [0.4, 0.5) is 5.69 Å². The number of hydrogen-bond donors (Lipinski definition) is 1. The summed E-state index contributed by atoms with van der Waals surface area (Å²) in [6, 6.07) is 4.29. The fraction of sp³-hybridized carbons (Fsp3) is 0.474. The summed E-state index contributed by atoms with van der Waals surface area (Å²) in [6.45, 7) is 5.05. The first kappa shape index (κ1) is 16.6. The lowest BCUT2D eigenvalue weighted by atomic mass is 9.93. The van der Waals surface area contributed by atoms with Gasteiger partial charge in [0.25, 0.3) is 0 Å². The maximum Gasteiger partial charge on any atom is 0.219 e. The summed E-state index contributed by atoms with van der Waals surface area (Å²) in [5.41, 5.74) is 3.56. The number of carbonyl (C=O) groups excluding carboxylic acids is 2. The van der Waals surface area contributed by atoms with E-state index >= 15 is 0 Å². The molecule has 1 aliphatic rings. The Morgan fingerprint density at radius 2 is 2.17 bits per heavy atom. The molecule has 128 valence electrons. The van der Waals surface area contributed by atoms with E-state index < -0.39 is 0 Å². The number of aryl methyl sites for hydroxylation is 1. The number of rotatable bonds is 5. The number of nitrogens with zero attached hydrogens (tertiary/aromatic N) is 1. The third-order valence-electron chi connectivity index (χ3n) is 4.71. The van der Waals surface area contributed by atoms with Gasteiger partial charge in [-0.2, -0.15) is 0 Å². The van der Waals surface area contributed by atoms with Crippen LogP contribution in [0, 0.1) is 0 Å². The number of furan rings is 1. The molecule has 0 aliphatic carbocycles. The number of anilines is 1. The second kappa shape index (κ2) is 6.67. The molecular formula is C19H24N2O3. The van der Waals surface area contributed by atoms with E-state index in [-0.39, 0.29) is 11.7 Å². The van der Waals surface area contributed by atoms with E-state index in [1.165, 1.54) is 0 Å². The molecule has 0 unspecified atom stereocenters. The Bertz CT molecular complexity index is 776. The van der Waals surface area contributed by atoms with Crippen LogP contribution in [0.2, 0.25) is 0 Å². The summed E-state index contributed by atoms with van der Waals surface area (Å²) in [6.07, 6.45) is 4.21. The molecule has 1 amide bonds. The van der Waals surface area contributed by atoms with Crippen molar-refractivity contribution in [2.75, 3.05) is 18.5 Å². The lowest BCUT2D eigenvalue weighted by Gasteiger charge is -2.34. The highest BCUT2D eigenvalue weighted by atomic mass is 16.3. The second-order valence-electron chi connectivity index (χ2n) is 6.58. The molecule has 0 radical (unpaired) electrons. The average Bonchev–Trinajstić information content (AvgIpc) is 2.97. The number of ketones is 1. The molecule has 1 aromatic carbocycles. The molecule has 2 aromatic rings. The normalized spacial score (nSPS) is 14.3. The van der Waals surface area contributed by atoms with Crippen molar-refractivity contribution >= 4 is 28.3 Å². The van der Waals surface area contributed by atoms with Gasteiger partial charge in [-0.25, -0.2) is 0 Å². The molecule has 0 atom stereocenters. The van der Waals surface area contributed by atoms with Crippen molar-refractivity contribution in [2.24, 2.45) is 0 Å². The van der Waals surface area contributed by atoms with E-state index in [2.05, 4.69) is 24.1 Å². The van der Waals surface area contributed by atoms with Gasteiger partial charge < -0.3 is 14.6 Å². The van der Waals surface area contributed by atoms with Crippen LogP contribution in [0.3, 0.4) is 0 Å². The van der Waals surface area contributed by atoms with Crippen molar-refractivity contribution in [3.8, 4) is 0 Å². The highest BCUT2D eigenvalue weighted by Crippen LogP contribution is 2.37. The molecule has 1 aromatic heterocycles. The number of benzene rings is 1. The quantitative estimate of drug-likeness (QED) is 0.915. The molecule has 1 N–H and O–H groups in total. The molecule has 2 heterocycles. The zero-order valence-corrected chi connectivity index (χ0v) is 14.5. The van der Waals surface area contributed by atoms with Crippen molar-refractivity contribution < 1.29 is 14.0 Å². The number of Topliss-reactive ketones (excluding diaryl/α,β-unsaturated/α-hetero) is 1. The lowest BCUT2D eigenvalue weighted by molar-refractivity contribution is -0.120. The van der Waals surface area contributed by atoms with E-state index in [4.69, 9.17) is 4.42 Å². The highest BCUT2D eigenvalue weighted by molar-refractivity contribution is 6.14. The fourth-order valence-corrected chi connectivity index (χ4v) is 3.46. The molecule has 0 saturated heterocycles. The van der Waals surface area contributed by atoms with Gasteiger partial charge in [0, 0.05) is 43.5 Å². The molecular weight excluding hydrogens is 304 g/mol. The summed E-state index contributed by atoms with van der Waals surface area (Å²) < 4.78 is 5.67. The number of nitrogens with one attached hydrogen (secondary N) is 1. The Kier molecular flexibility index (Phi) is 4.60. The second-order valence-corrected chi connectivity index (χ2v) is 6.58. The minimum absolute atomic E-state index is 0.0342. The molecule has 3 rings (SSSR count). The third kappa shape index (κ3) is 2.90. The van der Waals surface area contributed by atoms with Gasteiger partial charge >= 0.3 is 0 Å². The van der Waals surface area contributed by atoms with Gasteiger partial charge in [0.15, 0.2) is 5.78 Å². The van der Waals surface area contributed by atoms with Crippen molar-refractivity contribution in [3.63, 3.8) is 0 Å². The van der Waals surface area contributed by atoms with Crippen LogP contribution in [0.15, 0.2) is 22.8 Å². The highest BCUT2D eigenvalue weighted by Gasteiger charge is 2.28. The maximum atomic E-state index is 12.6. The smallest absolute Gasteiger partial charge is 0.219 e. The summed E-state index contributed by atoms with van der Waals surface area (Å²) >= 11 is 0. The zero-order valence-electron chi connectivity index (χ0n) is 14.5. The van der Waals surface area contributed by atoms with E-state index in [9.17, 15) is 9.59 Å². The fourth-order valence-electron chi connectivity index (χ4n) is 3.46. The van der Waals surface area contributed by atoms with Crippen molar-refractivity contribution in [2.45, 2.75) is 45.6 Å². The Morgan fingerprint density at radius 1 is 1.38 bits per heavy atom. The molecule has 1 aliphatic heterocycles. The zero-order chi connectivity index (χ0) is 17.3. The molecule has 0 fully saturated rings. The molecule has 24 heavy (non-hydrogen) atoms. The number of fused-ring (bicyclic) bond motifs is 3. The van der Waals surface area contributed by atoms with Crippen LogP contribution < -0.4 is 10.2 Å². The Labute approximate surface area is 142 Å². The SMILES string of the molecule is CNC(=O)CCCc1coc2ccc3c(c12)C(=O)CCN3C(C)C. The monoisotopic (exact) mass is 328 g/mol. The first-order valence-electron chi connectivity index (χ1n) is 8.56. The number of amides is 1. The lowest BCUT2D eigenvalue weighted by Crippen LogP contribution is -2.37. The van der Waals surface area contributed by atoms with Gasteiger partial charge in [-0.1, -0.05) is 0 Å². The van der Waals surface area contributed by atoms with Crippen LogP contribution in [0.25, 0.3) is 11.0 Å². The van der Waals surface area contributed by atoms with Gasteiger partial charge in [-0.3, -0.25) is 9.59 Å². The third-order valence-corrected chi connectivity index (χ3v) is 4.71. The predicted octanol–water partition coefficient (Wildman–Crippen LogP) is 3.30. The topological polar surface area (TPSA) is 62.6 Å². The molecule has 0 spiro atoms. The standard InChI is InChI=1S/C19H24N2O3/c1-12(2)21-10-9-15(22)19-14(21)7-8-16-18(19)13(11-24-16)5-4-6-17(23)20-3/h7-8,11-12H,4-6,9-10H2,1-3H3,(H,20,23). The number of carbonyl (C=O) groups is 2. The van der Waals surface area contributed by atoms with E-state index in [0.29, 0.717) is 18.9 Å². The number of hydrogen-bond acceptors (Lipinski definition) is 4. The summed E-state index contributed by atoms with van der Waals surface area (Å²) in [5, 5.41) is 3.56. The first-order valence-corrected chi connectivity index (χ1v) is 8.56. The van der Waals surface area contributed by atoms with Crippen LogP contribution in [-0.2, 0) is 11.2 Å². The summed E-state index contributed by atoms with van der Waals surface area (Å²) in [7, 11) is 1.64. The van der Waals surface area contributed by atoms with Crippen molar-refractivity contribution in [1.82, 2.24) is 5.32 Å². The molecule has 0 saturated carbocycles. The van der Waals surface area contributed by atoms with Gasteiger partial charge in [-0.15, -0.1) is 0 Å². The molecule has 5 heteroatoms. The minimum Gasteiger partial charge on any atom is -0.464 e. The molecule has 0 bridgehead atoms. The van der Waals surface area contributed by atoms with Gasteiger partial charge in [0.05, 0.1) is 11.8 Å². The van der Waals surface area contributed by atoms with Crippen LogP contribution in [-0.4, -0.2) is 31.3 Å². The van der Waals surface area contributed by atoms with Gasteiger partial charge in [0.1, 0.15) is 5.58 Å². The van der Waals surface area contributed by atoms with Crippen LogP contribution in [0.1, 0.15) is 49.0 Å². The Morgan fingerprint density at radius 3 is 2.88 bits per heavy atom. The predicted molar refractivity (Wildman–Crippen MR) is 94.6 cm³/mol. The van der Waals surface area contributed by atoms with Gasteiger partial charge in [-0.05, 0) is 44.4 Å².